The molecule has 2 N–H and O–H groups in total. The Hall–Kier alpha value is -2.65. The van der Waals surface area contributed by atoms with Gasteiger partial charge in [0.05, 0.1) is 26.1 Å². The number of rotatable bonds is 7. The second kappa shape index (κ2) is 7.30. The maximum atomic E-state index is 12.5. The van der Waals surface area contributed by atoms with E-state index < -0.39 is 15.9 Å². The van der Waals surface area contributed by atoms with Crippen LogP contribution in [0.4, 0.5) is 5.69 Å². The summed E-state index contributed by atoms with van der Waals surface area (Å²) in [5.41, 5.74) is 0.657. The van der Waals surface area contributed by atoms with Crippen molar-refractivity contribution < 1.29 is 22.7 Å². The van der Waals surface area contributed by atoms with Crippen LogP contribution in [-0.2, 0) is 10.0 Å². The van der Waals surface area contributed by atoms with E-state index in [9.17, 15) is 13.2 Å². The Morgan fingerprint density at radius 2 is 1.92 bits per heavy atom. The quantitative estimate of drug-likeness (QED) is 0.762. The lowest BCUT2D eigenvalue weighted by Gasteiger charge is -2.12. The summed E-state index contributed by atoms with van der Waals surface area (Å²) in [7, 11) is -0.883. The Morgan fingerprint density at radius 3 is 2.50 bits per heavy atom. The molecule has 0 unspecified atom stereocenters. The molecule has 26 heavy (non-hydrogen) atoms. The first-order valence-corrected chi connectivity index (χ1v) is 9.43. The Kier molecular flexibility index (Phi) is 5.10. The Labute approximate surface area is 151 Å². The van der Waals surface area contributed by atoms with Gasteiger partial charge in [-0.1, -0.05) is 0 Å². The fourth-order valence-corrected chi connectivity index (χ4v) is 3.79. The molecule has 0 saturated heterocycles. The van der Waals surface area contributed by atoms with E-state index in [0.717, 1.165) is 12.8 Å². The summed E-state index contributed by atoms with van der Waals surface area (Å²) in [5.74, 6) is 0.148. The molecule has 1 aromatic carbocycles. The van der Waals surface area contributed by atoms with Crippen LogP contribution in [0.1, 0.15) is 23.2 Å². The molecule has 8 nitrogen and oxygen atoms in total. The van der Waals surface area contributed by atoms with Gasteiger partial charge in [-0.05, 0) is 37.1 Å². The van der Waals surface area contributed by atoms with Crippen LogP contribution in [0.5, 0.6) is 11.6 Å². The first-order valence-electron chi connectivity index (χ1n) is 7.94. The number of carbonyl (C=O) groups is 1. The zero-order valence-corrected chi connectivity index (χ0v) is 15.2. The number of methoxy groups -OCH3 is 2. The van der Waals surface area contributed by atoms with E-state index in [4.69, 9.17) is 9.47 Å². The predicted octanol–water partition coefficient (Wildman–Crippen LogP) is 1.79. The molecule has 1 fully saturated rings. The van der Waals surface area contributed by atoms with Crippen molar-refractivity contribution >= 4 is 21.6 Å². The third-order valence-electron chi connectivity index (χ3n) is 3.82. The van der Waals surface area contributed by atoms with Crippen molar-refractivity contribution in [3.05, 3.63) is 42.1 Å². The Morgan fingerprint density at radius 1 is 1.15 bits per heavy atom. The highest BCUT2D eigenvalue weighted by molar-refractivity contribution is 7.89. The van der Waals surface area contributed by atoms with E-state index in [1.807, 2.05) is 0 Å². The van der Waals surface area contributed by atoms with E-state index in [0.29, 0.717) is 11.6 Å². The van der Waals surface area contributed by atoms with Crippen molar-refractivity contribution in [2.45, 2.75) is 23.8 Å². The van der Waals surface area contributed by atoms with Crippen LogP contribution in [0.3, 0.4) is 0 Å². The second-order valence-corrected chi connectivity index (χ2v) is 7.49. The van der Waals surface area contributed by atoms with Gasteiger partial charge in [0.15, 0.2) is 0 Å². The van der Waals surface area contributed by atoms with Gasteiger partial charge >= 0.3 is 0 Å². The fraction of sp³-hybridized carbons (Fsp3) is 0.294. The SMILES string of the molecule is COc1ccc(NC(=O)c2ccc(OC)c(S(=O)(=O)NC3CC3)c2)cn1. The van der Waals surface area contributed by atoms with Crippen molar-refractivity contribution in [1.29, 1.82) is 0 Å². The highest BCUT2D eigenvalue weighted by Crippen LogP contribution is 2.28. The van der Waals surface area contributed by atoms with Crippen molar-refractivity contribution in [2.75, 3.05) is 19.5 Å². The molecule has 2 aromatic rings. The molecule has 1 aromatic heterocycles. The van der Waals surface area contributed by atoms with Gasteiger partial charge in [0.2, 0.25) is 15.9 Å². The number of hydrogen-bond acceptors (Lipinski definition) is 6. The summed E-state index contributed by atoms with van der Waals surface area (Å²) in [6.07, 6.45) is 3.07. The van der Waals surface area contributed by atoms with Gasteiger partial charge in [0.1, 0.15) is 10.6 Å². The number of benzene rings is 1. The minimum atomic E-state index is -3.76. The monoisotopic (exact) mass is 377 g/mol. The van der Waals surface area contributed by atoms with Crippen LogP contribution in [0.25, 0.3) is 0 Å². The number of amides is 1. The number of nitrogens with one attached hydrogen (secondary N) is 2. The van der Waals surface area contributed by atoms with E-state index in [-0.39, 0.29) is 22.3 Å². The smallest absolute Gasteiger partial charge is 0.255 e. The highest BCUT2D eigenvalue weighted by atomic mass is 32.2. The van der Waals surface area contributed by atoms with E-state index >= 15 is 0 Å². The third-order valence-corrected chi connectivity index (χ3v) is 5.36. The van der Waals surface area contributed by atoms with Gasteiger partial charge in [-0.15, -0.1) is 0 Å². The molecule has 1 saturated carbocycles. The van der Waals surface area contributed by atoms with E-state index in [2.05, 4.69) is 15.0 Å². The molecule has 0 spiro atoms. The normalized spacial score (nSPS) is 13.9. The molecule has 0 atom stereocenters. The van der Waals surface area contributed by atoms with Gasteiger partial charge < -0.3 is 14.8 Å². The molecular formula is C17H19N3O5S. The molecule has 1 aliphatic rings. The van der Waals surface area contributed by atoms with Crippen molar-refractivity contribution in [2.24, 2.45) is 0 Å². The maximum absolute atomic E-state index is 12.5. The summed E-state index contributed by atoms with van der Waals surface area (Å²) >= 11 is 0. The topological polar surface area (TPSA) is 107 Å². The largest absolute Gasteiger partial charge is 0.495 e. The number of sulfonamides is 1. The summed E-state index contributed by atoms with van der Waals surface area (Å²) in [6, 6.07) is 7.46. The fourth-order valence-electron chi connectivity index (χ4n) is 2.29. The van der Waals surface area contributed by atoms with Gasteiger partial charge in [0, 0.05) is 17.7 Å². The minimum Gasteiger partial charge on any atom is -0.495 e. The molecule has 0 aliphatic heterocycles. The molecule has 0 radical (unpaired) electrons. The number of carbonyl (C=O) groups excluding carboxylic acids is 1. The lowest BCUT2D eigenvalue weighted by molar-refractivity contribution is 0.102. The van der Waals surface area contributed by atoms with Crippen molar-refractivity contribution in [1.82, 2.24) is 9.71 Å². The molecular weight excluding hydrogens is 358 g/mol. The molecule has 138 valence electrons. The van der Waals surface area contributed by atoms with Crippen LogP contribution < -0.4 is 19.5 Å². The number of aromatic nitrogens is 1. The summed E-state index contributed by atoms with van der Waals surface area (Å²) in [6.45, 7) is 0. The van der Waals surface area contributed by atoms with Crippen LogP contribution >= 0.6 is 0 Å². The maximum Gasteiger partial charge on any atom is 0.255 e. The van der Waals surface area contributed by atoms with Crippen LogP contribution in [-0.4, -0.2) is 39.6 Å². The average Bonchev–Trinajstić information content (AvgIpc) is 3.45. The van der Waals surface area contributed by atoms with Gasteiger partial charge in [-0.3, -0.25) is 4.79 Å². The number of anilines is 1. The van der Waals surface area contributed by atoms with Crippen LogP contribution in [0.15, 0.2) is 41.4 Å². The number of hydrogen-bond donors (Lipinski definition) is 2. The first-order chi connectivity index (χ1) is 12.4. The standard InChI is InChI=1S/C17H19N3O5S/c1-24-14-7-3-11(9-15(14)26(22,23)20-12-4-5-12)17(21)19-13-6-8-16(25-2)18-10-13/h3,6-10,12,20H,4-5H2,1-2H3,(H,19,21). The number of pyridine rings is 1. The minimum absolute atomic E-state index is 0.0486. The van der Waals surface area contributed by atoms with Crippen molar-refractivity contribution in [3.8, 4) is 11.6 Å². The lowest BCUT2D eigenvalue weighted by Crippen LogP contribution is -2.26. The molecule has 0 bridgehead atoms. The first kappa shape index (κ1) is 18.2. The van der Waals surface area contributed by atoms with Crippen LogP contribution in [0.2, 0.25) is 0 Å². The zero-order valence-electron chi connectivity index (χ0n) is 14.4. The third kappa shape index (κ3) is 4.12. The van der Waals surface area contributed by atoms with E-state index in [1.54, 1.807) is 12.1 Å². The van der Waals surface area contributed by atoms with Crippen LogP contribution in [0, 0.1) is 0 Å². The number of ether oxygens (including phenoxy) is 2. The molecule has 1 heterocycles. The molecule has 1 aliphatic carbocycles. The average molecular weight is 377 g/mol. The Bertz CT molecular complexity index is 908. The van der Waals surface area contributed by atoms with Gasteiger partial charge in [0.25, 0.3) is 5.91 Å². The zero-order chi connectivity index (χ0) is 18.7. The summed E-state index contributed by atoms with van der Waals surface area (Å²) < 4.78 is 37.7. The second-order valence-electron chi connectivity index (χ2n) is 5.80. The van der Waals surface area contributed by atoms with Gasteiger partial charge in [-0.25, -0.2) is 18.1 Å². The predicted molar refractivity (Wildman–Crippen MR) is 95.1 cm³/mol. The summed E-state index contributed by atoms with van der Waals surface area (Å²) in [5, 5.41) is 2.67. The van der Waals surface area contributed by atoms with Gasteiger partial charge in [-0.2, -0.15) is 0 Å². The molecule has 9 heteroatoms. The van der Waals surface area contributed by atoms with E-state index in [1.165, 1.54) is 38.6 Å². The summed E-state index contributed by atoms with van der Waals surface area (Å²) in [4.78, 5) is 16.4. The lowest BCUT2D eigenvalue weighted by atomic mass is 10.2. The molecule has 1 amide bonds. The van der Waals surface area contributed by atoms with Crippen molar-refractivity contribution in [3.63, 3.8) is 0 Å². The molecule has 3 rings (SSSR count). The number of nitrogens with zero attached hydrogens (tertiary/aromatic N) is 1. The Balaban J connectivity index is 1.84. The highest BCUT2D eigenvalue weighted by Gasteiger charge is 2.30.